The first-order valence-corrected chi connectivity index (χ1v) is 4.23. The van der Waals surface area contributed by atoms with Gasteiger partial charge in [-0.3, -0.25) is 4.98 Å². The molecule has 9 heavy (non-hydrogen) atoms. The van der Waals surface area contributed by atoms with E-state index in [1.54, 1.807) is 6.20 Å². The molecule has 0 fully saturated rings. The summed E-state index contributed by atoms with van der Waals surface area (Å²) in [6.45, 7) is 1.97. The maximum atomic E-state index is 3.98. The Morgan fingerprint density at radius 2 is 2.00 bits per heavy atom. The van der Waals surface area contributed by atoms with Crippen LogP contribution in [-0.2, 0) is 0 Å². The van der Waals surface area contributed by atoms with Gasteiger partial charge in [0, 0.05) is 11.9 Å². The fraction of sp³-hybridized carbons (Fsp3) is 0.286. The quantitative estimate of drug-likeness (QED) is 0.569. The Morgan fingerprint density at radius 3 is 2.22 bits per heavy atom. The zero-order chi connectivity index (χ0) is 7.11. The molecule has 0 aliphatic carbocycles. The molecule has 0 amide bonds. The lowest BCUT2D eigenvalue weighted by Gasteiger charge is -1.82. The third-order valence-electron chi connectivity index (χ3n) is 0.813. The molecule has 50 valence electrons. The van der Waals surface area contributed by atoms with E-state index >= 15 is 0 Å². The van der Waals surface area contributed by atoms with E-state index in [9.17, 15) is 0 Å². The van der Waals surface area contributed by atoms with Crippen molar-refractivity contribution in [1.29, 1.82) is 0 Å². The summed E-state index contributed by atoms with van der Waals surface area (Å²) < 4.78 is 0. The molecule has 0 radical (unpaired) electrons. The normalized spacial score (nSPS) is 7.44. The number of nitrogens with zero attached hydrogens (tertiary/aromatic N) is 1. The van der Waals surface area contributed by atoms with Gasteiger partial charge >= 0.3 is 0 Å². The first kappa shape index (κ1) is 8.63. The monoisotopic (exact) mass is 187 g/mol. The van der Waals surface area contributed by atoms with E-state index in [-0.39, 0.29) is 0 Å². The van der Waals surface area contributed by atoms with Crippen molar-refractivity contribution in [2.45, 2.75) is 6.92 Å². The van der Waals surface area contributed by atoms with Crippen molar-refractivity contribution in [2.75, 3.05) is 5.83 Å². The molecule has 0 aliphatic rings. The SMILES string of the molecule is CBr.Cc1ccccn1. The second-order valence-corrected chi connectivity index (χ2v) is 1.47. The Labute approximate surface area is 64.3 Å². The van der Waals surface area contributed by atoms with E-state index in [0.717, 1.165) is 5.69 Å². The Hall–Kier alpha value is -0.370. The third-order valence-corrected chi connectivity index (χ3v) is 0.813. The smallest absolute Gasteiger partial charge is 0.0372 e. The van der Waals surface area contributed by atoms with Crippen LogP contribution < -0.4 is 0 Å². The van der Waals surface area contributed by atoms with Crippen molar-refractivity contribution in [1.82, 2.24) is 4.98 Å². The molecule has 0 atom stereocenters. The van der Waals surface area contributed by atoms with Gasteiger partial charge < -0.3 is 0 Å². The molecule has 0 bridgehead atoms. The number of aryl methyl sites for hydroxylation is 1. The summed E-state index contributed by atoms with van der Waals surface area (Å²) in [6, 6.07) is 5.86. The van der Waals surface area contributed by atoms with Gasteiger partial charge in [-0.15, -0.1) is 0 Å². The number of pyridine rings is 1. The van der Waals surface area contributed by atoms with Crippen molar-refractivity contribution < 1.29 is 0 Å². The summed E-state index contributed by atoms with van der Waals surface area (Å²) in [5.41, 5.74) is 1.07. The fourth-order valence-corrected chi connectivity index (χ4v) is 0.448. The molecule has 0 aliphatic heterocycles. The minimum atomic E-state index is 1.07. The molecule has 1 heterocycles. The lowest BCUT2D eigenvalue weighted by molar-refractivity contribution is 1.20. The second-order valence-electron chi connectivity index (χ2n) is 1.47. The molecule has 1 aromatic rings. The predicted octanol–water partition coefficient (Wildman–Crippen LogP) is 2.40. The van der Waals surface area contributed by atoms with Crippen LogP contribution in [0.15, 0.2) is 24.4 Å². The number of hydrogen-bond donors (Lipinski definition) is 0. The van der Waals surface area contributed by atoms with Gasteiger partial charge in [-0.25, -0.2) is 0 Å². The highest BCUT2D eigenvalue weighted by Crippen LogP contribution is 1.85. The van der Waals surface area contributed by atoms with Crippen molar-refractivity contribution in [2.24, 2.45) is 0 Å². The first-order chi connectivity index (χ1) is 4.39. The lowest BCUT2D eigenvalue weighted by atomic mass is 10.4. The third kappa shape index (κ3) is 4.15. The van der Waals surface area contributed by atoms with Crippen molar-refractivity contribution in [3.8, 4) is 0 Å². The van der Waals surface area contributed by atoms with Gasteiger partial charge in [-0.05, 0) is 24.9 Å². The van der Waals surface area contributed by atoms with Gasteiger partial charge in [-0.2, -0.15) is 0 Å². The molecular weight excluding hydrogens is 178 g/mol. The van der Waals surface area contributed by atoms with Crippen molar-refractivity contribution in [3.63, 3.8) is 0 Å². The maximum absolute atomic E-state index is 3.98. The summed E-state index contributed by atoms with van der Waals surface area (Å²) in [5, 5.41) is 0. The number of hydrogen-bond acceptors (Lipinski definition) is 1. The Balaban J connectivity index is 0.000000291. The number of alkyl halides is 1. The highest BCUT2D eigenvalue weighted by Gasteiger charge is 1.73. The van der Waals surface area contributed by atoms with E-state index in [4.69, 9.17) is 0 Å². The van der Waals surface area contributed by atoms with Crippen LogP contribution in [0.1, 0.15) is 5.69 Å². The van der Waals surface area contributed by atoms with Gasteiger partial charge in [0.1, 0.15) is 0 Å². The van der Waals surface area contributed by atoms with Crippen LogP contribution in [0.2, 0.25) is 0 Å². The number of rotatable bonds is 0. The lowest BCUT2D eigenvalue weighted by Crippen LogP contribution is -1.72. The molecule has 1 aromatic heterocycles. The Morgan fingerprint density at radius 1 is 1.33 bits per heavy atom. The first-order valence-electron chi connectivity index (χ1n) is 2.65. The molecule has 0 unspecified atom stereocenters. The molecule has 0 N–H and O–H groups in total. The zero-order valence-corrected chi connectivity index (χ0v) is 7.22. The van der Waals surface area contributed by atoms with Crippen LogP contribution in [-0.4, -0.2) is 10.8 Å². The van der Waals surface area contributed by atoms with E-state index in [0.29, 0.717) is 0 Å². The summed E-state index contributed by atoms with van der Waals surface area (Å²) >= 11 is 2.94. The van der Waals surface area contributed by atoms with Crippen LogP contribution in [0.25, 0.3) is 0 Å². The molecule has 0 aromatic carbocycles. The summed E-state index contributed by atoms with van der Waals surface area (Å²) in [4.78, 5) is 3.98. The highest BCUT2D eigenvalue weighted by molar-refractivity contribution is 9.08. The minimum absolute atomic E-state index is 1.07. The van der Waals surface area contributed by atoms with Crippen LogP contribution >= 0.6 is 15.9 Å². The van der Waals surface area contributed by atoms with E-state index < -0.39 is 0 Å². The minimum Gasteiger partial charge on any atom is -0.262 e. The predicted molar refractivity (Wildman–Crippen MR) is 43.8 cm³/mol. The maximum Gasteiger partial charge on any atom is 0.0372 e. The summed E-state index contributed by atoms with van der Waals surface area (Å²) in [7, 11) is 0. The van der Waals surface area contributed by atoms with Crippen LogP contribution in [0.4, 0.5) is 0 Å². The van der Waals surface area contributed by atoms with E-state index in [1.165, 1.54) is 0 Å². The van der Waals surface area contributed by atoms with Crippen LogP contribution in [0.5, 0.6) is 0 Å². The van der Waals surface area contributed by atoms with Gasteiger partial charge in [-0.1, -0.05) is 22.0 Å². The molecule has 1 rings (SSSR count). The Bertz CT molecular complexity index is 139. The average molecular weight is 188 g/mol. The molecule has 0 saturated heterocycles. The number of halogens is 1. The standard InChI is InChI=1S/C6H7N.CH3Br/c1-6-4-2-3-5-7-6;1-2/h2-5H,1H3;1H3. The molecule has 0 spiro atoms. The van der Waals surface area contributed by atoms with E-state index in [1.807, 2.05) is 31.0 Å². The molecule has 0 saturated carbocycles. The number of aromatic nitrogens is 1. The van der Waals surface area contributed by atoms with E-state index in [2.05, 4.69) is 20.9 Å². The summed E-state index contributed by atoms with van der Waals surface area (Å²) in [5.74, 6) is 1.81. The molecule has 1 nitrogen and oxygen atoms in total. The Kier molecular flexibility index (Phi) is 5.52. The van der Waals surface area contributed by atoms with Gasteiger partial charge in [0.15, 0.2) is 0 Å². The topological polar surface area (TPSA) is 12.9 Å². The van der Waals surface area contributed by atoms with Crippen molar-refractivity contribution >= 4 is 15.9 Å². The highest BCUT2D eigenvalue weighted by atomic mass is 79.9. The van der Waals surface area contributed by atoms with Crippen LogP contribution in [0, 0.1) is 6.92 Å². The average Bonchev–Trinajstić information content (AvgIpc) is 1.94. The zero-order valence-electron chi connectivity index (χ0n) is 5.63. The second kappa shape index (κ2) is 5.76. The van der Waals surface area contributed by atoms with Crippen LogP contribution in [0.3, 0.4) is 0 Å². The molecular formula is C7H10BrN. The van der Waals surface area contributed by atoms with Crippen molar-refractivity contribution in [3.05, 3.63) is 30.1 Å². The van der Waals surface area contributed by atoms with Gasteiger partial charge in [0.2, 0.25) is 0 Å². The summed E-state index contributed by atoms with van der Waals surface area (Å²) in [6.07, 6.45) is 1.79. The van der Waals surface area contributed by atoms with Gasteiger partial charge in [0.25, 0.3) is 0 Å². The van der Waals surface area contributed by atoms with Gasteiger partial charge in [0.05, 0.1) is 0 Å². The largest absolute Gasteiger partial charge is 0.262 e. The fourth-order valence-electron chi connectivity index (χ4n) is 0.448. The molecule has 2 heteroatoms.